The summed E-state index contributed by atoms with van der Waals surface area (Å²) in [6, 6.07) is 6.06. The smallest absolute Gasteiger partial charge is 0.224 e. The number of nitrogens with one attached hydrogen (secondary N) is 1. The van der Waals surface area contributed by atoms with E-state index in [0.29, 0.717) is 17.5 Å². The molecule has 1 fully saturated rings. The first-order chi connectivity index (χ1) is 15.4. The predicted octanol–water partition coefficient (Wildman–Crippen LogP) is 6.86. The summed E-state index contributed by atoms with van der Waals surface area (Å²) in [5, 5.41) is 11.9. The molecule has 6 heteroatoms. The molecule has 1 aromatic carbocycles. The third-order valence-corrected chi connectivity index (χ3v) is 6.68. The van der Waals surface area contributed by atoms with Gasteiger partial charge in [0, 0.05) is 42.9 Å². The Morgan fingerprint density at radius 1 is 1.41 bits per heavy atom. The average molecular weight is 459 g/mol. The number of amidine groups is 1. The average Bonchev–Trinajstić information content (AvgIpc) is 3.60. The molecule has 0 radical (unpaired) electrons. The third-order valence-electron chi connectivity index (χ3n) is 6.27. The van der Waals surface area contributed by atoms with Gasteiger partial charge in [-0.2, -0.15) is 5.10 Å². The quantitative estimate of drug-likeness (QED) is 0.143. The molecule has 32 heavy (non-hydrogen) atoms. The fourth-order valence-electron chi connectivity index (χ4n) is 3.94. The van der Waals surface area contributed by atoms with Gasteiger partial charge >= 0.3 is 0 Å². The lowest BCUT2D eigenvalue weighted by Crippen LogP contribution is -2.38. The maximum absolute atomic E-state index is 12.8. The van der Waals surface area contributed by atoms with E-state index in [0.717, 1.165) is 61.7 Å². The van der Waals surface area contributed by atoms with E-state index in [1.807, 2.05) is 31.2 Å². The van der Waals surface area contributed by atoms with Gasteiger partial charge in [-0.05, 0) is 62.1 Å². The first kappa shape index (κ1) is 26.1. The minimum atomic E-state index is -0.00457. The molecule has 0 bridgehead atoms. The number of anilines is 1. The summed E-state index contributed by atoms with van der Waals surface area (Å²) in [6.45, 7) is 14.7. The van der Waals surface area contributed by atoms with Crippen LogP contribution in [-0.4, -0.2) is 35.9 Å². The molecule has 2 rings (SSSR count). The van der Waals surface area contributed by atoms with Crippen molar-refractivity contribution in [3.05, 3.63) is 41.4 Å². The topological polar surface area (TPSA) is 57.1 Å². The van der Waals surface area contributed by atoms with Crippen molar-refractivity contribution in [1.29, 1.82) is 0 Å². The highest BCUT2D eigenvalue weighted by molar-refractivity contribution is 6.31. The van der Waals surface area contributed by atoms with Gasteiger partial charge in [0.2, 0.25) is 5.91 Å². The SMILES string of the molecule is C=CCC(CC(=O)Nc1cccc(Cl)c1C)CN(/C(CCCC(C)CC)=N\N=C)C1CC1. The summed E-state index contributed by atoms with van der Waals surface area (Å²) in [5.74, 6) is 1.87. The van der Waals surface area contributed by atoms with Crippen molar-refractivity contribution >= 4 is 35.7 Å². The monoisotopic (exact) mass is 458 g/mol. The lowest BCUT2D eigenvalue weighted by Gasteiger charge is -2.30. The molecule has 1 N–H and O–H groups in total. The predicted molar refractivity (Wildman–Crippen MR) is 138 cm³/mol. The van der Waals surface area contributed by atoms with Crippen molar-refractivity contribution in [2.75, 3.05) is 11.9 Å². The van der Waals surface area contributed by atoms with Gasteiger partial charge in [-0.15, -0.1) is 11.7 Å². The fraction of sp³-hybridized carbons (Fsp3) is 0.577. The molecule has 1 amide bonds. The van der Waals surface area contributed by atoms with Crippen LogP contribution >= 0.6 is 11.6 Å². The summed E-state index contributed by atoms with van der Waals surface area (Å²) in [6.07, 6.45) is 9.78. The number of amides is 1. The molecule has 0 aliphatic heterocycles. The Balaban J connectivity index is 2.05. The van der Waals surface area contributed by atoms with E-state index in [4.69, 9.17) is 11.6 Å². The second-order valence-electron chi connectivity index (χ2n) is 9.00. The molecule has 176 valence electrons. The maximum Gasteiger partial charge on any atom is 0.224 e. The van der Waals surface area contributed by atoms with E-state index in [1.165, 1.54) is 12.8 Å². The Morgan fingerprint density at radius 3 is 2.78 bits per heavy atom. The number of halogens is 1. The molecule has 0 aromatic heterocycles. The zero-order valence-corrected chi connectivity index (χ0v) is 20.7. The molecular weight excluding hydrogens is 420 g/mol. The van der Waals surface area contributed by atoms with E-state index in [-0.39, 0.29) is 11.8 Å². The fourth-order valence-corrected chi connectivity index (χ4v) is 4.11. The lowest BCUT2D eigenvalue weighted by molar-refractivity contribution is -0.117. The highest BCUT2D eigenvalue weighted by atomic mass is 35.5. The number of hydrogen-bond donors (Lipinski definition) is 1. The molecule has 1 aliphatic rings. The molecule has 1 aromatic rings. The second kappa shape index (κ2) is 13.4. The lowest BCUT2D eigenvalue weighted by atomic mass is 9.98. The normalized spacial score (nSPS) is 15.7. The molecule has 1 aliphatic carbocycles. The van der Waals surface area contributed by atoms with Crippen LogP contribution in [0.4, 0.5) is 5.69 Å². The van der Waals surface area contributed by atoms with E-state index in [2.05, 4.69) is 47.6 Å². The molecule has 5 nitrogen and oxygen atoms in total. The van der Waals surface area contributed by atoms with Gasteiger partial charge < -0.3 is 10.2 Å². The summed E-state index contributed by atoms with van der Waals surface area (Å²) in [4.78, 5) is 15.2. The van der Waals surface area contributed by atoms with Crippen molar-refractivity contribution in [3.8, 4) is 0 Å². The van der Waals surface area contributed by atoms with Crippen molar-refractivity contribution in [2.24, 2.45) is 22.0 Å². The van der Waals surface area contributed by atoms with Crippen LogP contribution in [0.2, 0.25) is 5.02 Å². The zero-order valence-electron chi connectivity index (χ0n) is 19.9. The van der Waals surface area contributed by atoms with Crippen molar-refractivity contribution < 1.29 is 4.79 Å². The Bertz CT molecular complexity index is 803. The number of carbonyl (C=O) groups excluding carboxylic acids is 1. The van der Waals surface area contributed by atoms with Crippen LogP contribution in [0.1, 0.15) is 70.8 Å². The van der Waals surface area contributed by atoms with Crippen molar-refractivity contribution in [3.63, 3.8) is 0 Å². The molecule has 2 unspecified atom stereocenters. The molecular formula is C26H39ClN4O. The van der Waals surface area contributed by atoms with Gasteiger partial charge in [0.25, 0.3) is 0 Å². The first-order valence-electron chi connectivity index (χ1n) is 11.8. The number of allylic oxidation sites excluding steroid dienone is 1. The third kappa shape index (κ3) is 8.42. The van der Waals surface area contributed by atoms with Gasteiger partial charge in [-0.3, -0.25) is 4.79 Å². The van der Waals surface area contributed by atoms with Crippen LogP contribution in [-0.2, 0) is 4.79 Å². The standard InChI is InChI=1S/C26H39ClN4O/c1-6-10-21(17-26(32)29-24-13-9-12-23(27)20(24)4)18-31(22-15-16-22)25(30-28-5)14-8-11-19(3)7-2/h6,9,12-13,19,21-22H,1,5,7-8,10-11,14-18H2,2-4H3,(H,29,32)/b30-25-. The molecule has 0 spiro atoms. The molecule has 0 heterocycles. The van der Waals surface area contributed by atoms with Crippen LogP contribution in [0, 0.1) is 18.8 Å². The van der Waals surface area contributed by atoms with Gasteiger partial charge in [0.1, 0.15) is 5.84 Å². The Morgan fingerprint density at radius 2 is 2.16 bits per heavy atom. The van der Waals surface area contributed by atoms with Crippen LogP contribution in [0.3, 0.4) is 0 Å². The van der Waals surface area contributed by atoms with Crippen LogP contribution in [0.5, 0.6) is 0 Å². The summed E-state index contributed by atoms with van der Waals surface area (Å²) in [5.41, 5.74) is 1.65. The highest BCUT2D eigenvalue weighted by Gasteiger charge is 2.33. The maximum atomic E-state index is 12.8. The van der Waals surface area contributed by atoms with Crippen LogP contribution in [0.15, 0.2) is 41.1 Å². The minimum absolute atomic E-state index is 0.00457. The van der Waals surface area contributed by atoms with Crippen molar-refractivity contribution in [1.82, 2.24) is 4.90 Å². The molecule has 2 atom stereocenters. The van der Waals surface area contributed by atoms with Crippen molar-refractivity contribution in [2.45, 2.75) is 78.2 Å². The summed E-state index contributed by atoms with van der Waals surface area (Å²) < 4.78 is 0. The Hall–Kier alpha value is -2.14. The summed E-state index contributed by atoms with van der Waals surface area (Å²) in [7, 11) is 0. The Labute approximate surface area is 199 Å². The van der Waals surface area contributed by atoms with Gasteiger partial charge in [-0.25, -0.2) is 0 Å². The highest BCUT2D eigenvalue weighted by Crippen LogP contribution is 2.31. The minimum Gasteiger partial charge on any atom is -0.355 e. The van der Waals surface area contributed by atoms with Gasteiger partial charge in [0.15, 0.2) is 0 Å². The van der Waals surface area contributed by atoms with E-state index >= 15 is 0 Å². The number of rotatable bonds is 14. The Kier molecular flexibility index (Phi) is 10.9. The zero-order chi connectivity index (χ0) is 23.5. The largest absolute Gasteiger partial charge is 0.355 e. The number of benzene rings is 1. The summed E-state index contributed by atoms with van der Waals surface area (Å²) >= 11 is 6.20. The second-order valence-corrected chi connectivity index (χ2v) is 9.41. The number of hydrogen-bond acceptors (Lipinski definition) is 3. The number of carbonyl (C=O) groups is 1. The van der Waals surface area contributed by atoms with E-state index < -0.39 is 0 Å². The van der Waals surface area contributed by atoms with Gasteiger partial charge in [-0.1, -0.05) is 50.4 Å². The van der Waals surface area contributed by atoms with E-state index in [1.54, 1.807) is 0 Å². The molecule has 1 saturated carbocycles. The van der Waals surface area contributed by atoms with E-state index in [9.17, 15) is 4.79 Å². The first-order valence-corrected chi connectivity index (χ1v) is 12.2. The number of nitrogens with zero attached hydrogens (tertiary/aromatic N) is 3. The van der Waals surface area contributed by atoms with Crippen LogP contribution in [0.25, 0.3) is 0 Å². The van der Waals surface area contributed by atoms with Crippen LogP contribution < -0.4 is 5.32 Å². The van der Waals surface area contributed by atoms with Gasteiger partial charge in [0.05, 0.1) is 0 Å². The molecule has 0 saturated heterocycles.